The predicted molar refractivity (Wildman–Crippen MR) is 88.5 cm³/mol. The third kappa shape index (κ3) is 10.4. The highest BCUT2D eigenvalue weighted by molar-refractivity contribution is 5.95. The monoisotopic (exact) mass is 312 g/mol. The van der Waals surface area contributed by atoms with Gasteiger partial charge in [0.15, 0.2) is 5.92 Å². The molecule has 22 heavy (non-hydrogen) atoms. The van der Waals surface area contributed by atoms with Crippen LogP contribution in [0, 0.1) is 5.92 Å². The van der Waals surface area contributed by atoms with Crippen LogP contribution >= 0.6 is 0 Å². The summed E-state index contributed by atoms with van der Waals surface area (Å²) in [5.41, 5.74) is 0. The Morgan fingerprint density at radius 2 is 1.36 bits per heavy atom. The fourth-order valence-corrected chi connectivity index (χ4v) is 2.17. The third-order valence-electron chi connectivity index (χ3n) is 3.41. The number of allylic oxidation sites excluding steroid dienone is 2. The number of esters is 2. The number of hydrogen-bond donors (Lipinski definition) is 0. The first-order valence-electron chi connectivity index (χ1n) is 8.65. The number of hydrogen-bond acceptors (Lipinski definition) is 4. The fraction of sp³-hybridized carbons (Fsp3) is 0.778. The van der Waals surface area contributed by atoms with Crippen LogP contribution in [0.1, 0.15) is 72.1 Å². The minimum absolute atomic E-state index is 0.274. The molecule has 0 bridgehead atoms. The maximum absolute atomic E-state index is 11.8. The van der Waals surface area contributed by atoms with Crippen LogP contribution in [-0.4, -0.2) is 25.2 Å². The topological polar surface area (TPSA) is 52.6 Å². The zero-order valence-corrected chi connectivity index (χ0v) is 14.4. The van der Waals surface area contributed by atoms with Gasteiger partial charge < -0.3 is 9.47 Å². The first-order valence-corrected chi connectivity index (χ1v) is 8.65. The fourth-order valence-electron chi connectivity index (χ4n) is 2.17. The highest BCUT2D eigenvalue weighted by atomic mass is 16.6. The summed E-state index contributed by atoms with van der Waals surface area (Å²) < 4.78 is 9.86. The Hall–Kier alpha value is -1.32. The zero-order chi connectivity index (χ0) is 16.6. The van der Waals surface area contributed by atoms with Gasteiger partial charge >= 0.3 is 11.9 Å². The largest absolute Gasteiger partial charge is 0.465 e. The van der Waals surface area contributed by atoms with Gasteiger partial charge in [0.05, 0.1) is 13.2 Å². The summed E-state index contributed by atoms with van der Waals surface area (Å²) in [6.45, 7) is 6.22. The minimum Gasteiger partial charge on any atom is -0.465 e. The van der Waals surface area contributed by atoms with Gasteiger partial charge in [-0.25, -0.2) is 0 Å². The first-order chi connectivity index (χ1) is 10.7. The van der Waals surface area contributed by atoms with Crippen LogP contribution in [0.5, 0.6) is 0 Å². The summed E-state index contributed by atoms with van der Waals surface area (Å²) in [4.78, 5) is 23.5. The van der Waals surface area contributed by atoms with Gasteiger partial charge in [0.1, 0.15) is 0 Å². The van der Waals surface area contributed by atoms with Crippen molar-refractivity contribution in [2.75, 3.05) is 13.2 Å². The molecule has 0 aliphatic rings. The first kappa shape index (κ1) is 20.7. The molecule has 128 valence electrons. The molecular formula is C18H32O4. The second kappa shape index (κ2) is 14.6. The van der Waals surface area contributed by atoms with Gasteiger partial charge in [-0.15, -0.1) is 0 Å². The molecule has 0 aromatic carbocycles. The van der Waals surface area contributed by atoms with Gasteiger partial charge in [0.25, 0.3) is 0 Å². The lowest BCUT2D eigenvalue weighted by Gasteiger charge is -2.12. The van der Waals surface area contributed by atoms with E-state index in [9.17, 15) is 9.59 Å². The summed E-state index contributed by atoms with van der Waals surface area (Å²) >= 11 is 0. The quantitative estimate of drug-likeness (QED) is 0.218. The molecule has 0 spiro atoms. The number of ether oxygens (including phenoxy) is 2. The van der Waals surface area contributed by atoms with Crippen LogP contribution in [0.4, 0.5) is 0 Å². The summed E-state index contributed by atoms with van der Waals surface area (Å²) in [5, 5.41) is 0. The van der Waals surface area contributed by atoms with E-state index in [4.69, 9.17) is 9.47 Å². The molecule has 0 unspecified atom stereocenters. The second-order valence-electron chi connectivity index (χ2n) is 5.32. The molecule has 4 nitrogen and oxygen atoms in total. The lowest BCUT2D eigenvalue weighted by atomic mass is 10.0. The standard InChI is InChI=1S/C18H32O4/c1-4-7-8-9-10-11-12-13-14-15-16(17(19)21-5-2)18(20)22-6-3/h13-14,16H,4-12,15H2,1-3H3/b14-13-. The Kier molecular flexibility index (Phi) is 13.7. The average molecular weight is 312 g/mol. The molecule has 0 rings (SSSR count). The molecule has 0 saturated carbocycles. The Labute approximate surface area is 135 Å². The molecule has 0 heterocycles. The molecule has 0 fully saturated rings. The molecule has 0 N–H and O–H groups in total. The molecule has 0 aromatic heterocycles. The predicted octanol–water partition coefficient (Wildman–Crippen LogP) is 4.43. The van der Waals surface area contributed by atoms with E-state index in [-0.39, 0.29) is 13.2 Å². The molecule has 0 amide bonds. The van der Waals surface area contributed by atoms with Crippen LogP contribution in [-0.2, 0) is 19.1 Å². The molecule has 0 aromatic rings. The third-order valence-corrected chi connectivity index (χ3v) is 3.41. The SMILES string of the molecule is CCCCCCCC/C=C\CC(C(=O)OCC)C(=O)OCC. The average Bonchev–Trinajstić information content (AvgIpc) is 2.49. The zero-order valence-electron chi connectivity index (χ0n) is 14.4. The van der Waals surface area contributed by atoms with Crippen molar-refractivity contribution in [1.82, 2.24) is 0 Å². The molecule has 0 saturated heterocycles. The Morgan fingerprint density at radius 1 is 0.818 bits per heavy atom. The molecule has 0 radical (unpaired) electrons. The van der Waals surface area contributed by atoms with Crippen molar-refractivity contribution in [2.45, 2.75) is 72.1 Å². The highest BCUT2D eigenvalue weighted by Gasteiger charge is 2.27. The van der Waals surface area contributed by atoms with E-state index in [0.29, 0.717) is 6.42 Å². The smallest absolute Gasteiger partial charge is 0.320 e. The molecule has 0 atom stereocenters. The number of rotatable bonds is 13. The van der Waals surface area contributed by atoms with Crippen molar-refractivity contribution in [1.29, 1.82) is 0 Å². The molecule has 0 aliphatic carbocycles. The van der Waals surface area contributed by atoms with Crippen LogP contribution in [0.15, 0.2) is 12.2 Å². The lowest BCUT2D eigenvalue weighted by Crippen LogP contribution is -2.27. The van der Waals surface area contributed by atoms with Gasteiger partial charge in [0.2, 0.25) is 0 Å². The van der Waals surface area contributed by atoms with E-state index < -0.39 is 17.9 Å². The van der Waals surface area contributed by atoms with Gasteiger partial charge in [-0.2, -0.15) is 0 Å². The summed E-state index contributed by atoms with van der Waals surface area (Å²) in [6.07, 6.45) is 12.9. The highest BCUT2D eigenvalue weighted by Crippen LogP contribution is 2.12. The van der Waals surface area contributed by atoms with Crippen LogP contribution in [0.3, 0.4) is 0 Å². The minimum atomic E-state index is -0.833. The van der Waals surface area contributed by atoms with Crippen LogP contribution in [0.2, 0.25) is 0 Å². The molecular weight excluding hydrogens is 280 g/mol. The summed E-state index contributed by atoms with van der Waals surface area (Å²) in [7, 11) is 0. The Bertz CT molecular complexity index is 305. The van der Waals surface area contributed by atoms with E-state index >= 15 is 0 Å². The van der Waals surface area contributed by atoms with Crippen LogP contribution < -0.4 is 0 Å². The summed E-state index contributed by atoms with van der Waals surface area (Å²) in [5.74, 6) is -1.82. The Balaban J connectivity index is 4.03. The lowest BCUT2D eigenvalue weighted by molar-refractivity contribution is -0.161. The van der Waals surface area contributed by atoms with Crippen molar-refractivity contribution >= 4 is 11.9 Å². The van der Waals surface area contributed by atoms with E-state index in [0.717, 1.165) is 12.8 Å². The molecule has 0 aliphatic heterocycles. The Morgan fingerprint density at radius 3 is 1.91 bits per heavy atom. The van der Waals surface area contributed by atoms with E-state index in [1.165, 1.54) is 32.1 Å². The van der Waals surface area contributed by atoms with Crippen LogP contribution in [0.25, 0.3) is 0 Å². The van der Waals surface area contributed by atoms with Gasteiger partial charge in [-0.3, -0.25) is 9.59 Å². The summed E-state index contributed by atoms with van der Waals surface area (Å²) in [6, 6.07) is 0. The van der Waals surface area contributed by atoms with Gasteiger partial charge in [0, 0.05) is 0 Å². The van der Waals surface area contributed by atoms with E-state index in [1.54, 1.807) is 13.8 Å². The second-order valence-corrected chi connectivity index (χ2v) is 5.32. The van der Waals surface area contributed by atoms with E-state index in [2.05, 4.69) is 6.92 Å². The number of carbonyl (C=O) groups excluding carboxylic acids is 2. The number of unbranched alkanes of at least 4 members (excludes halogenated alkanes) is 6. The molecule has 4 heteroatoms. The van der Waals surface area contributed by atoms with E-state index in [1.807, 2.05) is 12.2 Å². The number of carbonyl (C=O) groups is 2. The van der Waals surface area contributed by atoms with Gasteiger partial charge in [-0.1, -0.05) is 51.2 Å². The van der Waals surface area contributed by atoms with Crippen molar-refractivity contribution in [3.05, 3.63) is 12.2 Å². The van der Waals surface area contributed by atoms with Crippen molar-refractivity contribution in [3.8, 4) is 0 Å². The normalized spacial score (nSPS) is 11.1. The van der Waals surface area contributed by atoms with Gasteiger partial charge in [-0.05, 0) is 33.1 Å². The maximum atomic E-state index is 11.8. The van der Waals surface area contributed by atoms with Crippen molar-refractivity contribution < 1.29 is 19.1 Å². The van der Waals surface area contributed by atoms with Crippen molar-refractivity contribution in [3.63, 3.8) is 0 Å². The van der Waals surface area contributed by atoms with Crippen molar-refractivity contribution in [2.24, 2.45) is 5.92 Å². The maximum Gasteiger partial charge on any atom is 0.320 e.